The van der Waals surface area contributed by atoms with Crippen molar-refractivity contribution in [3.05, 3.63) is 0 Å². The van der Waals surface area contributed by atoms with Crippen molar-refractivity contribution < 1.29 is 42.9 Å². The van der Waals surface area contributed by atoms with E-state index in [1.54, 1.807) is 11.8 Å². The molecule has 1 rings (SSSR count). The molecule has 172 valence electrons. The smallest absolute Gasteiger partial charge is 0.305 e. The number of carbonyl (C=O) groups excluding carboxylic acids is 4. The monoisotopic (exact) mass is 468 g/mol. The van der Waals surface area contributed by atoms with Crippen LogP contribution in [0.3, 0.4) is 0 Å². The van der Waals surface area contributed by atoms with Crippen LogP contribution < -0.4 is 0 Å². The minimum absolute atomic E-state index is 0.422. The van der Waals surface area contributed by atoms with Gasteiger partial charge in [0.05, 0.1) is 0 Å². The van der Waals surface area contributed by atoms with Crippen molar-refractivity contribution in [2.24, 2.45) is 0 Å². The minimum Gasteiger partial charge on any atom is -0.456 e. The molecule has 1 saturated heterocycles. The predicted octanol–water partition coefficient (Wildman–Crippen LogP) is 2.21. The highest BCUT2D eigenvalue weighted by atomic mass is 35.5. The van der Waals surface area contributed by atoms with Crippen molar-refractivity contribution in [3.63, 3.8) is 0 Å². The molecule has 0 spiro atoms. The second kappa shape index (κ2) is 13.7. The highest BCUT2D eigenvalue weighted by Gasteiger charge is 2.52. The van der Waals surface area contributed by atoms with Crippen LogP contribution in [0.2, 0.25) is 0 Å². The summed E-state index contributed by atoms with van der Waals surface area (Å²) < 4.78 is 26.9. The molecule has 0 N–H and O–H groups in total. The maximum Gasteiger partial charge on any atom is 0.305 e. The van der Waals surface area contributed by atoms with E-state index in [4.69, 9.17) is 35.3 Å². The van der Waals surface area contributed by atoms with Gasteiger partial charge in [0.15, 0.2) is 12.2 Å². The maximum absolute atomic E-state index is 11.7. The lowest BCUT2D eigenvalue weighted by Crippen LogP contribution is -2.62. The Morgan fingerprint density at radius 3 is 1.83 bits per heavy atom. The summed E-state index contributed by atoms with van der Waals surface area (Å²) in [4.78, 5) is 46.6. The SMILES string of the molecule is CC(=O)O[C@H]1O[C@H](CCSCCCCCl)[C@@H](OC(C)=O)[C@H](OC(C)=O)[C@@H]1OC(C)=O. The van der Waals surface area contributed by atoms with Gasteiger partial charge in [0.25, 0.3) is 0 Å². The standard InChI is InChI=1S/C19H29ClO9S/c1-11(21)25-16-15(7-10-30-9-6-5-8-20)29-19(28-14(4)24)18(27-13(3)23)17(16)26-12(2)22/h15-19H,5-10H2,1-4H3/t15-,16-,17+,18+,19+/m1/s1. The summed E-state index contributed by atoms with van der Waals surface area (Å²) in [6.45, 7) is 4.71. The number of halogens is 1. The first-order valence-electron chi connectivity index (χ1n) is 9.63. The number of hydrogen-bond acceptors (Lipinski definition) is 10. The zero-order valence-electron chi connectivity index (χ0n) is 17.6. The Hall–Kier alpha value is -1.52. The highest BCUT2D eigenvalue weighted by Crippen LogP contribution is 2.31. The van der Waals surface area contributed by atoms with Crippen LogP contribution >= 0.6 is 23.4 Å². The summed E-state index contributed by atoms with van der Waals surface area (Å²) in [5.74, 6) is -0.504. The molecule has 0 radical (unpaired) electrons. The van der Waals surface area contributed by atoms with Crippen molar-refractivity contribution in [3.8, 4) is 0 Å². The molecule has 0 aromatic heterocycles. The molecule has 0 amide bonds. The lowest BCUT2D eigenvalue weighted by molar-refractivity contribution is -0.295. The lowest BCUT2D eigenvalue weighted by atomic mass is 9.96. The molecule has 9 nitrogen and oxygen atoms in total. The van der Waals surface area contributed by atoms with Gasteiger partial charge in [-0.1, -0.05) is 0 Å². The number of rotatable bonds is 11. The van der Waals surface area contributed by atoms with E-state index in [2.05, 4.69) is 0 Å². The van der Waals surface area contributed by atoms with Gasteiger partial charge in [-0.3, -0.25) is 19.2 Å². The Morgan fingerprint density at radius 2 is 1.30 bits per heavy atom. The Balaban J connectivity index is 3.07. The fraction of sp³-hybridized carbons (Fsp3) is 0.789. The summed E-state index contributed by atoms with van der Waals surface area (Å²) in [6, 6.07) is 0. The number of esters is 4. The third-order valence-electron chi connectivity index (χ3n) is 4.00. The average molecular weight is 469 g/mol. The van der Waals surface area contributed by atoms with E-state index in [0.29, 0.717) is 18.1 Å². The summed E-state index contributed by atoms with van der Waals surface area (Å²) in [5.41, 5.74) is 0. The van der Waals surface area contributed by atoms with Crippen LogP contribution in [0, 0.1) is 0 Å². The summed E-state index contributed by atoms with van der Waals surface area (Å²) in [5, 5.41) is 0. The van der Waals surface area contributed by atoms with Crippen molar-refractivity contribution >= 4 is 47.2 Å². The Labute approximate surface area is 185 Å². The van der Waals surface area contributed by atoms with Crippen LogP contribution in [0.25, 0.3) is 0 Å². The minimum atomic E-state index is -1.31. The van der Waals surface area contributed by atoms with E-state index in [1.807, 2.05) is 0 Å². The largest absolute Gasteiger partial charge is 0.456 e. The van der Waals surface area contributed by atoms with Gasteiger partial charge in [-0.25, -0.2) is 0 Å². The summed E-state index contributed by atoms with van der Waals surface area (Å²) in [6.07, 6.45) is -3.27. The van der Waals surface area contributed by atoms with E-state index in [1.165, 1.54) is 20.8 Å². The molecule has 11 heteroatoms. The summed E-state index contributed by atoms with van der Waals surface area (Å²) in [7, 11) is 0. The van der Waals surface area contributed by atoms with Crippen LogP contribution in [0.15, 0.2) is 0 Å². The number of thioether (sulfide) groups is 1. The van der Waals surface area contributed by atoms with E-state index >= 15 is 0 Å². The molecule has 1 aliphatic rings. The molecule has 0 saturated carbocycles. The van der Waals surface area contributed by atoms with Crippen LogP contribution in [-0.4, -0.2) is 72.0 Å². The van der Waals surface area contributed by atoms with E-state index in [0.717, 1.165) is 25.5 Å². The predicted molar refractivity (Wildman–Crippen MR) is 109 cm³/mol. The molecule has 1 heterocycles. The summed E-state index contributed by atoms with van der Waals surface area (Å²) >= 11 is 7.34. The van der Waals surface area contributed by atoms with Crippen LogP contribution in [-0.2, 0) is 42.9 Å². The van der Waals surface area contributed by atoms with Crippen LogP contribution in [0.1, 0.15) is 47.0 Å². The number of alkyl halides is 1. The topological polar surface area (TPSA) is 114 Å². The number of hydrogen-bond donors (Lipinski definition) is 0. The molecule has 0 aromatic carbocycles. The molecular formula is C19H29ClO9S. The van der Waals surface area contributed by atoms with Gasteiger partial charge in [-0.05, 0) is 30.8 Å². The van der Waals surface area contributed by atoms with Gasteiger partial charge in [0.1, 0.15) is 6.10 Å². The Kier molecular flexibility index (Phi) is 12.1. The van der Waals surface area contributed by atoms with E-state index in [-0.39, 0.29) is 0 Å². The third kappa shape index (κ3) is 9.53. The van der Waals surface area contributed by atoms with Gasteiger partial charge in [-0.2, -0.15) is 11.8 Å². The van der Waals surface area contributed by atoms with Crippen molar-refractivity contribution in [1.82, 2.24) is 0 Å². The quantitative estimate of drug-likeness (QED) is 0.193. The first-order chi connectivity index (χ1) is 14.1. The zero-order valence-corrected chi connectivity index (χ0v) is 19.2. The second-order valence-electron chi connectivity index (χ2n) is 6.67. The number of carbonyl (C=O) groups is 4. The third-order valence-corrected chi connectivity index (χ3v) is 5.37. The first-order valence-corrected chi connectivity index (χ1v) is 11.3. The molecule has 1 fully saturated rings. The molecule has 5 atom stereocenters. The van der Waals surface area contributed by atoms with E-state index in [9.17, 15) is 19.2 Å². The van der Waals surface area contributed by atoms with Gasteiger partial charge >= 0.3 is 23.9 Å². The van der Waals surface area contributed by atoms with Gasteiger partial charge in [0, 0.05) is 33.6 Å². The average Bonchev–Trinajstić information content (AvgIpc) is 2.62. The molecular weight excluding hydrogens is 440 g/mol. The molecule has 0 aromatic rings. The van der Waals surface area contributed by atoms with Gasteiger partial charge in [0.2, 0.25) is 12.4 Å². The Morgan fingerprint density at radius 1 is 0.767 bits per heavy atom. The molecule has 0 unspecified atom stereocenters. The van der Waals surface area contributed by atoms with Crippen LogP contribution in [0.4, 0.5) is 0 Å². The molecule has 30 heavy (non-hydrogen) atoms. The molecule has 0 aliphatic carbocycles. The maximum atomic E-state index is 11.7. The van der Waals surface area contributed by atoms with Crippen molar-refractivity contribution in [2.45, 2.75) is 77.7 Å². The second-order valence-corrected chi connectivity index (χ2v) is 8.27. The number of ether oxygens (including phenoxy) is 5. The zero-order chi connectivity index (χ0) is 22.7. The fourth-order valence-corrected chi connectivity index (χ4v) is 4.15. The van der Waals surface area contributed by atoms with Gasteiger partial charge < -0.3 is 23.7 Å². The van der Waals surface area contributed by atoms with E-state index < -0.39 is 54.6 Å². The first kappa shape index (κ1) is 26.5. The fourth-order valence-electron chi connectivity index (χ4n) is 2.95. The number of unbranched alkanes of at least 4 members (excludes halogenated alkanes) is 1. The normalized spacial score (nSPS) is 25.8. The molecule has 1 aliphatic heterocycles. The molecule has 0 bridgehead atoms. The lowest BCUT2D eigenvalue weighted by Gasteiger charge is -2.43. The van der Waals surface area contributed by atoms with Crippen LogP contribution in [0.5, 0.6) is 0 Å². The highest BCUT2D eigenvalue weighted by molar-refractivity contribution is 7.99. The van der Waals surface area contributed by atoms with Crippen molar-refractivity contribution in [2.75, 3.05) is 17.4 Å². The van der Waals surface area contributed by atoms with Gasteiger partial charge in [-0.15, -0.1) is 11.6 Å². The Bertz CT molecular complexity index is 601. The van der Waals surface area contributed by atoms with Crippen molar-refractivity contribution in [1.29, 1.82) is 0 Å².